The third-order valence-electron chi connectivity index (χ3n) is 3.27. The van der Waals surface area contributed by atoms with Crippen LogP contribution < -0.4 is 15.5 Å². The Kier molecular flexibility index (Phi) is 7.78. The number of hydrogen-bond donors (Lipinski definition) is 2. The number of benzene rings is 2. The molecule has 0 fully saturated rings. The van der Waals surface area contributed by atoms with Crippen molar-refractivity contribution in [3.8, 4) is 5.75 Å². The van der Waals surface area contributed by atoms with Gasteiger partial charge in [0.05, 0.1) is 21.2 Å². The molecule has 0 aromatic heterocycles. The summed E-state index contributed by atoms with van der Waals surface area (Å²) in [7, 11) is 0. The van der Waals surface area contributed by atoms with Crippen LogP contribution in [0.3, 0.4) is 0 Å². The molecule has 10 heteroatoms. The van der Waals surface area contributed by atoms with E-state index in [-0.39, 0.29) is 12.3 Å². The lowest BCUT2D eigenvalue weighted by Crippen LogP contribution is -2.31. The molecule has 0 aliphatic rings. The molecule has 0 amide bonds. The first kappa shape index (κ1) is 20.9. The van der Waals surface area contributed by atoms with Gasteiger partial charge in [-0.3, -0.25) is 15.5 Å². The summed E-state index contributed by atoms with van der Waals surface area (Å²) in [5, 5.41) is 18.6. The number of hydrogen-bond acceptors (Lipinski definition) is 5. The zero-order valence-corrected chi connectivity index (χ0v) is 16.6. The molecule has 0 saturated carbocycles. The Hall–Kier alpha value is -2.42. The lowest BCUT2D eigenvalue weighted by atomic mass is 10.2. The normalized spacial score (nSPS) is 10.6. The monoisotopic (exact) mass is 426 g/mol. The van der Waals surface area contributed by atoms with Crippen molar-refractivity contribution >= 4 is 52.4 Å². The summed E-state index contributed by atoms with van der Waals surface area (Å²) in [6.07, 6.45) is 1.53. The number of non-ortho nitro benzene ring substituents is 1. The van der Waals surface area contributed by atoms with Crippen molar-refractivity contribution in [1.82, 2.24) is 10.7 Å². The number of nitro groups is 1. The summed E-state index contributed by atoms with van der Waals surface area (Å²) in [4.78, 5) is 10.2. The number of halogens is 2. The number of hydrazone groups is 1. The maximum absolute atomic E-state index is 10.7. The van der Waals surface area contributed by atoms with Crippen LogP contribution in [-0.4, -0.2) is 22.8 Å². The number of rotatable bonds is 7. The number of nitrogens with zero attached hydrogens (tertiary/aromatic N) is 2. The summed E-state index contributed by atoms with van der Waals surface area (Å²) >= 11 is 17.5. The van der Waals surface area contributed by atoms with Gasteiger partial charge in [0.15, 0.2) is 10.9 Å². The Balaban J connectivity index is 2.02. The predicted molar refractivity (Wildman–Crippen MR) is 111 cm³/mol. The van der Waals surface area contributed by atoms with Crippen LogP contribution in [0.1, 0.15) is 18.1 Å². The van der Waals surface area contributed by atoms with Crippen LogP contribution in [0.4, 0.5) is 5.69 Å². The summed E-state index contributed by atoms with van der Waals surface area (Å²) in [5.41, 5.74) is 4.10. The molecule has 0 heterocycles. The summed E-state index contributed by atoms with van der Waals surface area (Å²) in [6.45, 7) is 2.79. The Labute approximate surface area is 171 Å². The van der Waals surface area contributed by atoms with Gasteiger partial charge in [0.2, 0.25) is 0 Å². The fraction of sp³-hybridized carbons (Fsp3) is 0.176. The SMILES string of the molecule is CCNC(=S)N/N=C\c1cc(Cl)c(OCc2ccc([N+](=O)[O-])cc2)c(Cl)c1. The highest BCUT2D eigenvalue weighted by Gasteiger charge is 2.10. The molecule has 0 saturated heterocycles. The Bertz CT molecular complexity index is 837. The summed E-state index contributed by atoms with van der Waals surface area (Å²) in [5.74, 6) is 0.324. The van der Waals surface area contributed by atoms with E-state index in [0.717, 1.165) is 5.56 Å². The molecule has 0 aliphatic heterocycles. The number of nitrogens with one attached hydrogen (secondary N) is 2. The van der Waals surface area contributed by atoms with Gasteiger partial charge in [-0.2, -0.15) is 5.10 Å². The van der Waals surface area contributed by atoms with Crippen molar-refractivity contribution in [2.75, 3.05) is 6.54 Å². The van der Waals surface area contributed by atoms with E-state index in [1.807, 2.05) is 6.92 Å². The zero-order chi connectivity index (χ0) is 19.8. The molecular formula is C17H16Cl2N4O3S. The van der Waals surface area contributed by atoms with E-state index in [2.05, 4.69) is 15.8 Å². The average Bonchev–Trinajstić information content (AvgIpc) is 2.61. The van der Waals surface area contributed by atoms with Gasteiger partial charge in [0.25, 0.3) is 5.69 Å². The molecule has 0 bridgehead atoms. The maximum Gasteiger partial charge on any atom is 0.269 e. The van der Waals surface area contributed by atoms with E-state index in [1.165, 1.54) is 18.3 Å². The lowest BCUT2D eigenvalue weighted by Gasteiger charge is -2.11. The van der Waals surface area contributed by atoms with Crippen molar-refractivity contribution < 1.29 is 9.66 Å². The standard InChI is InChI=1S/C17H16Cl2N4O3S/c1-2-20-17(27)22-21-9-12-7-14(18)16(15(19)8-12)26-10-11-3-5-13(6-4-11)23(24)25/h3-9H,2,10H2,1H3,(H2,20,22,27)/b21-9-. The second kappa shape index (κ2) is 10.1. The Morgan fingerprint density at radius 3 is 2.48 bits per heavy atom. The lowest BCUT2D eigenvalue weighted by molar-refractivity contribution is -0.384. The largest absolute Gasteiger partial charge is 0.486 e. The molecule has 142 valence electrons. The van der Waals surface area contributed by atoms with Crippen LogP contribution in [0, 0.1) is 10.1 Å². The molecule has 2 N–H and O–H groups in total. The smallest absolute Gasteiger partial charge is 0.269 e. The van der Waals surface area contributed by atoms with Gasteiger partial charge in [-0.1, -0.05) is 23.2 Å². The molecule has 0 radical (unpaired) electrons. The number of ether oxygens (including phenoxy) is 1. The zero-order valence-electron chi connectivity index (χ0n) is 14.2. The molecule has 0 spiro atoms. The molecule has 7 nitrogen and oxygen atoms in total. The first-order valence-electron chi connectivity index (χ1n) is 7.82. The van der Waals surface area contributed by atoms with Gasteiger partial charge in [-0.25, -0.2) is 0 Å². The van der Waals surface area contributed by atoms with Crippen molar-refractivity contribution in [1.29, 1.82) is 0 Å². The number of nitro benzene ring substituents is 1. The van der Waals surface area contributed by atoms with E-state index in [0.29, 0.717) is 33.0 Å². The van der Waals surface area contributed by atoms with E-state index < -0.39 is 4.92 Å². The van der Waals surface area contributed by atoms with Gasteiger partial charge in [-0.15, -0.1) is 0 Å². The van der Waals surface area contributed by atoms with Crippen LogP contribution in [0.2, 0.25) is 10.0 Å². The van der Waals surface area contributed by atoms with E-state index in [9.17, 15) is 10.1 Å². The van der Waals surface area contributed by atoms with Crippen molar-refractivity contribution in [2.24, 2.45) is 5.10 Å². The second-order valence-corrected chi connectivity index (χ2v) is 6.48. The molecule has 2 aromatic rings. The highest BCUT2D eigenvalue weighted by molar-refractivity contribution is 7.80. The molecule has 0 unspecified atom stereocenters. The van der Waals surface area contributed by atoms with Crippen molar-refractivity contribution in [3.05, 3.63) is 67.7 Å². The third kappa shape index (κ3) is 6.35. The van der Waals surface area contributed by atoms with Crippen molar-refractivity contribution in [2.45, 2.75) is 13.5 Å². The molecule has 0 atom stereocenters. The minimum Gasteiger partial charge on any atom is -0.486 e. The quantitative estimate of drug-likeness (QED) is 0.297. The maximum atomic E-state index is 10.7. The van der Waals surface area contributed by atoms with Crippen LogP contribution in [0.25, 0.3) is 0 Å². The third-order valence-corrected chi connectivity index (χ3v) is 4.07. The summed E-state index contributed by atoms with van der Waals surface area (Å²) in [6, 6.07) is 9.35. The van der Waals surface area contributed by atoms with Crippen LogP contribution in [0.15, 0.2) is 41.5 Å². The average molecular weight is 427 g/mol. The highest BCUT2D eigenvalue weighted by atomic mass is 35.5. The van der Waals surface area contributed by atoms with Gasteiger partial charge in [0.1, 0.15) is 6.61 Å². The Morgan fingerprint density at radius 1 is 1.30 bits per heavy atom. The minimum absolute atomic E-state index is 0.0145. The Morgan fingerprint density at radius 2 is 1.93 bits per heavy atom. The number of thiocarbonyl (C=S) groups is 1. The van der Waals surface area contributed by atoms with Crippen molar-refractivity contribution in [3.63, 3.8) is 0 Å². The molecule has 2 rings (SSSR count). The topological polar surface area (TPSA) is 88.8 Å². The van der Waals surface area contributed by atoms with Crippen LogP contribution >= 0.6 is 35.4 Å². The van der Waals surface area contributed by atoms with Crippen LogP contribution in [0.5, 0.6) is 5.75 Å². The molecular weight excluding hydrogens is 411 g/mol. The van der Waals surface area contributed by atoms with Gasteiger partial charge < -0.3 is 10.1 Å². The van der Waals surface area contributed by atoms with Crippen LogP contribution in [-0.2, 0) is 6.61 Å². The van der Waals surface area contributed by atoms with E-state index >= 15 is 0 Å². The molecule has 27 heavy (non-hydrogen) atoms. The first-order valence-corrected chi connectivity index (χ1v) is 8.99. The first-order chi connectivity index (χ1) is 12.9. The van der Waals surface area contributed by atoms with Gasteiger partial charge in [-0.05, 0) is 54.5 Å². The highest BCUT2D eigenvalue weighted by Crippen LogP contribution is 2.34. The van der Waals surface area contributed by atoms with E-state index in [1.54, 1.807) is 24.3 Å². The second-order valence-electron chi connectivity index (χ2n) is 5.26. The molecule has 0 aliphatic carbocycles. The van der Waals surface area contributed by atoms with Gasteiger partial charge in [0, 0.05) is 18.7 Å². The molecule has 2 aromatic carbocycles. The van der Waals surface area contributed by atoms with Gasteiger partial charge >= 0.3 is 0 Å². The summed E-state index contributed by atoms with van der Waals surface area (Å²) < 4.78 is 5.66. The fourth-order valence-electron chi connectivity index (χ4n) is 2.03. The predicted octanol–water partition coefficient (Wildman–Crippen LogP) is 4.30. The minimum atomic E-state index is -0.460. The van der Waals surface area contributed by atoms with E-state index in [4.69, 9.17) is 40.2 Å². The fourth-order valence-corrected chi connectivity index (χ4v) is 2.84.